The van der Waals surface area contributed by atoms with Crippen LogP contribution in [0.2, 0.25) is 5.02 Å². The maximum atomic E-state index is 6.20. The minimum absolute atomic E-state index is 0.132. The lowest BCUT2D eigenvalue weighted by atomic mass is 9.97. The summed E-state index contributed by atoms with van der Waals surface area (Å²) in [5.41, 5.74) is 3.65. The zero-order chi connectivity index (χ0) is 15.2. The van der Waals surface area contributed by atoms with Gasteiger partial charge in [-0.1, -0.05) is 41.9 Å². The summed E-state index contributed by atoms with van der Waals surface area (Å²) in [5.74, 6) is 0. The van der Waals surface area contributed by atoms with Crippen LogP contribution in [0, 0.1) is 0 Å². The lowest BCUT2D eigenvalue weighted by Gasteiger charge is -2.18. The van der Waals surface area contributed by atoms with Gasteiger partial charge in [-0.15, -0.1) is 0 Å². The van der Waals surface area contributed by atoms with E-state index in [-0.39, 0.29) is 6.04 Å². The van der Waals surface area contributed by atoms with Crippen LogP contribution in [0.3, 0.4) is 0 Å². The maximum absolute atomic E-state index is 6.20. The quantitative estimate of drug-likeness (QED) is 0.804. The molecule has 0 aromatic heterocycles. The molecule has 1 unspecified atom stereocenters. The molecule has 0 aliphatic heterocycles. The minimum Gasteiger partial charge on any atom is -0.384 e. The molecule has 2 aromatic carbocycles. The molecule has 0 bridgehead atoms. The summed E-state index contributed by atoms with van der Waals surface area (Å²) in [6.07, 6.45) is 0.936. The van der Waals surface area contributed by atoms with Crippen LogP contribution < -0.4 is 5.32 Å². The highest BCUT2D eigenvalue weighted by atomic mass is 79.9. The number of hydrogen-bond acceptors (Lipinski definition) is 2. The Kier molecular flexibility index (Phi) is 6.24. The second-order valence-electron chi connectivity index (χ2n) is 4.88. The Balaban J connectivity index is 2.22. The topological polar surface area (TPSA) is 21.3 Å². The van der Waals surface area contributed by atoms with Crippen LogP contribution in [0.1, 0.15) is 22.7 Å². The van der Waals surface area contributed by atoms with Crippen molar-refractivity contribution in [2.24, 2.45) is 0 Å². The fraction of sp³-hybridized carbons (Fsp3) is 0.294. The minimum atomic E-state index is 0.132. The standard InChI is InChI=1S/C17H19BrClNO/c1-20-17(14-7-8-15(18)16(19)11-14)13-5-3-12(4-6-13)9-10-21-2/h3-8,11,17,20H,9-10H2,1-2H3. The normalized spacial score (nSPS) is 12.4. The van der Waals surface area contributed by atoms with Crippen molar-refractivity contribution in [3.05, 3.63) is 68.7 Å². The van der Waals surface area contributed by atoms with E-state index in [0.717, 1.165) is 28.1 Å². The van der Waals surface area contributed by atoms with Crippen molar-refractivity contribution < 1.29 is 4.74 Å². The van der Waals surface area contributed by atoms with E-state index in [1.165, 1.54) is 11.1 Å². The van der Waals surface area contributed by atoms with Gasteiger partial charge in [0.05, 0.1) is 17.7 Å². The van der Waals surface area contributed by atoms with Crippen LogP contribution in [-0.4, -0.2) is 20.8 Å². The Hall–Kier alpha value is -0.870. The van der Waals surface area contributed by atoms with Gasteiger partial charge in [0.1, 0.15) is 0 Å². The van der Waals surface area contributed by atoms with Gasteiger partial charge >= 0.3 is 0 Å². The van der Waals surface area contributed by atoms with E-state index < -0.39 is 0 Å². The van der Waals surface area contributed by atoms with E-state index in [9.17, 15) is 0 Å². The van der Waals surface area contributed by atoms with Crippen molar-refractivity contribution in [3.8, 4) is 0 Å². The van der Waals surface area contributed by atoms with Gasteiger partial charge < -0.3 is 10.1 Å². The van der Waals surface area contributed by atoms with Gasteiger partial charge in [0, 0.05) is 11.6 Å². The zero-order valence-corrected chi connectivity index (χ0v) is 14.5. The van der Waals surface area contributed by atoms with Crippen molar-refractivity contribution in [2.45, 2.75) is 12.5 Å². The average Bonchev–Trinajstić information content (AvgIpc) is 2.50. The van der Waals surface area contributed by atoms with Crippen molar-refractivity contribution in [1.82, 2.24) is 5.32 Å². The van der Waals surface area contributed by atoms with Gasteiger partial charge in [-0.2, -0.15) is 0 Å². The van der Waals surface area contributed by atoms with Crippen LogP contribution in [0.4, 0.5) is 0 Å². The van der Waals surface area contributed by atoms with Gasteiger partial charge in [-0.3, -0.25) is 0 Å². The molecule has 1 N–H and O–H groups in total. The number of halogens is 2. The van der Waals surface area contributed by atoms with Crippen LogP contribution in [-0.2, 0) is 11.2 Å². The molecule has 0 fully saturated rings. The number of rotatable bonds is 6. The Bertz CT molecular complexity index is 586. The fourth-order valence-electron chi connectivity index (χ4n) is 2.31. The predicted octanol–water partition coefficient (Wildman–Crippen LogP) is 4.60. The van der Waals surface area contributed by atoms with E-state index in [1.54, 1.807) is 7.11 Å². The SMILES string of the molecule is CNC(c1ccc(CCOC)cc1)c1ccc(Br)c(Cl)c1. The number of methoxy groups -OCH3 is 1. The molecule has 0 radical (unpaired) electrons. The molecule has 1 atom stereocenters. The summed E-state index contributed by atoms with van der Waals surface area (Å²) in [7, 11) is 3.68. The summed E-state index contributed by atoms with van der Waals surface area (Å²) in [6, 6.07) is 14.8. The fourth-order valence-corrected chi connectivity index (χ4v) is 2.75. The summed E-state index contributed by atoms with van der Waals surface area (Å²) < 4.78 is 6.02. The van der Waals surface area contributed by atoms with Crippen LogP contribution in [0.5, 0.6) is 0 Å². The molecule has 0 saturated carbocycles. The highest BCUT2D eigenvalue weighted by molar-refractivity contribution is 9.10. The van der Waals surface area contributed by atoms with Crippen molar-refractivity contribution >= 4 is 27.5 Å². The second kappa shape index (κ2) is 7.95. The molecular weight excluding hydrogens is 350 g/mol. The molecule has 0 aliphatic rings. The maximum Gasteiger partial charge on any atom is 0.0574 e. The molecule has 0 aliphatic carbocycles. The monoisotopic (exact) mass is 367 g/mol. The average molecular weight is 369 g/mol. The third-order valence-electron chi connectivity index (χ3n) is 3.47. The Morgan fingerprint density at radius 1 is 1.14 bits per heavy atom. The third kappa shape index (κ3) is 4.30. The summed E-state index contributed by atoms with van der Waals surface area (Å²) in [5, 5.41) is 4.07. The summed E-state index contributed by atoms with van der Waals surface area (Å²) in [4.78, 5) is 0. The van der Waals surface area contributed by atoms with E-state index in [2.05, 4.69) is 51.6 Å². The molecule has 2 aromatic rings. The van der Waals surface area contributed by atoms with Crippen LogP contribution >= 0.6 is 27.5 Å². The Morgan fingerprint density at radius 2 is 1.81 bits per heavy atom. The van der Waals surface area contributed by atoms with Gasteiger partial charge in [0.25, 0.3) is 0 Å². The molecule has 21 heavy (non-hydrogen) atoms. The smallest absolute Gasteiger partial charge is 0.0574 e. The summed E-state index contributed by atoms with van der Waals surface area (Å²) >= 11 is 9.62. The van der Waals surface area contributed by atoms with E-state index in [0.29, 0.717) is 0 Å². The number of benzene rings is 2. The van der Waals surface area contributed by atoms with E-state index in [4.69, 9.17) is 16.3 Å². The third-order valence-corrected chi connectivity index (χ3v) is 4.71. The molecular formula is C17H19BrClNO. The van der Waals surface area contributed by atoms with Gasteiger partial charge in [0.15, 0.2) is 0 Å². The first-order valence-corrected chi connectivity index (χ1v) is 8.02. The Labute approximate surface area is 139 Å². The van der Waals surface area contributed by atoms with Gasteiger partial charge in [0.2, 0.25) is 0 Å². The molecule has 4 heteroatoms. The molecule has 112 valence electrons. The van der Waals surface area contributed by atoms with Gasteiger partial charge in [-0.05, 0) is 58.2 Å². The van der Waals surface area contributed by atoms with E-state index in [1.807, 2.05) is 19.2 Å². The van der Waals surface area contributed by atoms with Crippen LogP contribution in [0.15, 0.2) is 46.9 Å². The zero-order valence-electron chi connectivity index (χ0n) is 12.2. The lowest BCUT2D eigenvalue weighted by Crippen LogP contribution is -2.17. The first-order valence-electron chi connectivity index (χ1n) is 6.85. The molecule has 0 amide bonds. The van der Waals surface area contributed by atoms with Crippen molar-refractivity contribution in [3.63, 3.8) is 0 Å². The highest BCUT2D eigenvalue weighted by Crippen LogP contribution is 2.29. The lowest BCUT2D eigenvalue weighted by molar-refractivity contribution is 0.202. The van der Waals surface area contributed by atoms with Gasteiger partial charge in [-0.25, -0.2) is 0 Å². The van der Waals surface area contributed by atoms with Crippen molar-refractivity contribution in [1.29, 1.82) is 0 Å². The molecule has 0 heterocycles. The predicted molar refractivity (Wildman–Crippen MR) is 92.1 cm³/mol. The molecule has 2 nitrogen and oxygen atoms in total. The van der Waals surface area contributed by atoms with E-state index >= 15 is 0 Å². The Morgan fingerprint density at radius 3 is 2.38 bits per heavy atom. The first kappa shape index (κ1) is 16.5. The van der Waals surface area contributed by atoms with Crippen LogP contribution in [0.25, 0.3) is 0 Å². The second-order valence-corrected chi connectivity index (χ2v) is 6.14. The highest BCUT2D eigenvalue weighted by Gasteiger charge is 2.13. The number of nitrogens with one attached hydrogen (secondary N) is 1. The summed E-state index contributed by atoms with van der Waals surface area (Å²) in [6.45, 7) is 0.747. The van der Waals surface area contributed by atoms with Crippen molar-refractivity contribution in [2.75, 3.05) is 20.8 Å². The largest absolute Gasteiger partial charge is 0.384 e. The molecule has 2 rings (SSSR count). The molecule has 0 saturated heterocycles. The molecule has 0 spiro atoms. The number of ether oxygens (including phenoxy) is 1. The number of hydrogen-bond donors (Lipinski definition) is 1. The first-order chi connectivity index (χ1) is 10.2.